The largest absolute Gasteiger partial charge is 0.258 e. The standard InChI is InChI=1S/C28H27N/c1-3-10-23-13-8-9-14-27(23)25-19-26(4-2)29-28(20-25)24-17-15-22(16-18-24)21-11-6-5-7-12-21/h3,5-19,25H,4,20H2,1-2H3/b10-3+. The van der Waals surface area contributed by atoms with Crippen molar-refractivity contribution >= 4 is 11.8 Å². The quantitative estimate of drug-likeness (QED) is 0.433. The SMILES string of the molecule is C/C=C/c1ccccc1C1C=C(CC)N=C(c2ccc(-c3ccccc3)cc2)C1. The van der Waals surface area contributed by atoms with Gasteiger partial charge in [0.25, 0.3) is 0 Å². The second-order valence-electron chi connectivity index (χ2n) is 7.45. The van der Waals surface area contributed by atoms with Crippen LogP contribution in [0.3, 0.4) is 0 Å². The van der Waals surface area contributed by atoms with Crippen LogP contribution in [-0.4, -0.2) is 5.71 Å². The van der Waals surface area contributed by atoms with Gasteiger partial charge in [-0.05, 0) is 41.2 Å². The number of allylic oxidation sites excluding steroid dienone is 3. The lowest BCUT2D eigenvalue weighted by atomic mass is 9.85. The van der Waals surface area contributed by atoms with E-state index in [1.165, 1.54) is 39.2 Å². The zero-order chi connectivity index (χ0) is 20.1. The first-order chi connectivity index (χ1) is 14.3. The fraction of sp³-hybridized carbons (Fsp3) is 0.179. The lowest BCUT2D eigenvalue weighted by molar-refractivity contribution is 0.837. The van der Waals surface area contributed by atoms with E-state index in [4.69, 9.17) is 4.99 Å². The molecule has 1 atom stereocenters. The average Bonchev–Trinajstić information content (AvgIpc) is 2.80. The van der Waals surface area contributed by atoms with Gasteiger partial charge >= 0.3 is 0 Å². The zero-order valence-corrected chi connectivity index (χ0v) is 17.2. The molecule has 0 saturated carbocycles. The van der Waals surface area contributed by atoms with E-state index in [9.17, 15) is 0 Å². The van der Waals surface area contributed by atoms with Crippen LogP contribution in [0.25, 0.3) is 17.2 Å². The van der Waals surface area contributed by atoms with Gasteiger partial charge in [-0.2, -0.15) is 0 Å². The Morgan fingerprint density at radius 1 is 0.828 bits per heavy atom. The molecule has 0 fully saturated rings. The molecule has 0 aromatic heterocycles. The highest BCUT2D eigenvalue weighted by Crippen LogP contribution is 2.33. The maximum atomic E-state index is 4.98. The van der Waals surface area contributed by atoms with E-state index < -0.39 is 0 Å². The Morgan fingerprint density at radius 2 is 1.48 bits per heavy atom. The monoisotopic (exact) mass is 377 g/mol. The van der Waals surface area contributed by atoms with E-state index in [0.29, 0.717) is 5.92 Å². The Kier molecular flexibility index (Phi) is 5.86. The second-order valence-corrected chi connectivity index (χ2v) is 7.45. The van der Waals surface area contributed by atoms with Gasteiger partial charge in [-0.3, -0.25) is 4.99 Å². The molecule has 0 saturated heterocycles. The first kappa shape index (κ1) is 19.1. The molecule has 0 aliphatic carbocycles. The first-order valence-corrected chi connectivity index (χ1v) is 10.4. The fourth-order valence-corrected chi connectivity index (χ4v) is 4.00. The van der Waals surface area contributed by atoms with E-state index in [1.54, 1.807) is 0 Å². The van der Waals surface area contributed by atoms with Crippen molar-refractivity contribution in [3.05, 3.63) is 113 Å². The molecule has 1 heterocycles. The van der Waals surface area contributed by atoms with Crippen molar-refractivity contribution in [2.75, 3.05) is 0 Å². The lowest BCUT2D eigenvalue weighted by Crippen LogP contribution is -2.13. The summed E-state index contributed by atoms with van der Waals surface area (Å²) in [4.78, 5) is 4.98. The molecule has 0 spiro atoms. The van der Waals surface area contributed by atoms with Crippen molar-refractivity contribution in [2.45, 2.75) is 32.6 Å². The van der Waals surface area contributed by atoms with Crippen LogP contribution >= 0.6 is 0 Å². The maximum Gasteiger partial charge on any atom is 0.0488 e. The van der Waals surface area contributed by atoms with E-state index >= 15 is 0 Å². The third kappa shape index (κ3) is 4.30. The van der Waals surface area contributed by atoms with Crippen molar-refractivity contribution in [2.24, 2.45) is 4.99 Å². The molecule has 144 valence electrons. The topological polar surface area (TPSA) is 12.4 Å². The molecule has 0 radical (unpaired) electrons. The number of hydrogen-bond acceptors (Lipinski definition) is 1. The second kappa shape index (κ2) is 8.87. The van der Waals surface area contributed by atoms with E-state index in [-0.39, 0.29) is 0 Å². The van der Waals surface area contributed by atoms with Crippen molar-refractivity contribution in [3.63, 3.8) is 0 Å². The average molecular weight is 378 g/mol. The van der Waals surface area contributed by atoms with Crippen LogP contribution in [0, 0.1) is 0 Å². The Morgan fingerprint density at radius 3 is 2.21 bits per heavy atom. The van der Waals surface area contributed by atoms with Crippen LogP contribution in [0.4, 0.5) is 0 Å². The van der Waals surface area contributed by atoms with Gasteiger partial charge in [-0.1, -0.05) is 104 Å². The van der Waals surface area contributed by atoms with Gasteiger partial charge in [0.05, 0.1) is 0 Å². The molecule has 1 nitrogen and oxygen atoms in total. The Hall–Kier alpha value is -3.19. The minimum Gasteiger partial charge on any atom is -0.258 e. The molecule has 3 aromatic rings. The zero-order valence-electron chi connectivity index (χ0n) is 17.2. The summed E-state index contributed by atoms with van der Waals surface area (Å²) in [5, 5.41) is 0. The van der Waals surface area contributed by atoms with Gasteiger partial charge in [0.15, 0.2) is 0 Å². The van der Waals surface area contributed by atoms with Gasteiger partial charge in [0, 0.05) is 23.7 Å². The maximum absolute atomic E-state index is 4.98. The molecular weight excluding hydrogens is 350 g/mol. The number of hydrogen-bond donors (Lipinski definition) is 0. The number of nitrogens with zero attached hydrogens (tertiary/aromatic N) is 1. The predicted octanol–water partition coefficient (Wildman–Crippen LogP) is 7.66. The van der Waals surface area contributed by atoms with Crippen molar-refractivity contribution in [1.82, 2.24) is 0 Å². The first-order valence-electron chi connectivity index (χ1n) is 10.4. The van der Waals surface area contributed by atoms with Crippen molar-refractivity contribution < 1.29 is 0 Å². The number of rotatable bonds is 5. The third-order valence-corrected chi connectivity index (χ3v) is 5.51. The minimum absolute atomic E-state index is 0.360. The van der Waals surface area contributed by atoms with Crippen LogP contribution in [0.5, 0.6) is 0 Å². The van der Waals surface area contributed by atoms with Gasteiger partial charge in [-0.15, -0.1) is 0 Å². The normalized spacial score (nSPS) is 16.6. The number of benzene rings is 3. The molecule has 0 bridgehead atoms. The molecule has 0 amide bonds. The summed E-state index contributed by atoms with van der Waals surface area (Å²) in [6, 6.07) is 28.1. The van der Waals surface area contributed by atoms with Gasteiger partial charge < -0.3 is 0 Å². The van der Waals surface area contributed by atoms with E-state index in [2.05, 4.69) is 111 Å². The van der Waals surface area contributed by atoms with Gasteiger partial charge in [0.1, 0.15) is 0 Å². The van der Waals surface area contributed by atoms with E-state index in [0.717, 1.165) is 12.8 Å². The summed E-state index contributed by atoms with van der Waals surface area (Å²) in [7, 11) is 0. The Bertz CT molecular complexity index is 1050. The van der Waals surface area contributed by atoms with Crippen molar-refractivity contribution in [3.8, 4) is 11.1 Å². The lowest BCUT2D eigenvalue weighted by Gasteiger charge is -2.23. The summed E-state index contributed by atoms with van der Waals surface area (Å²) in [5.41, 5.74) is 8.75. The summed E-state index contributed by atoms with van der Waals surface area (Å²) in [6.45, 7) is 4.26. The molecule has 4 rings (SSSR count). The van der Waals surface area contributed by atoms with E-state index in [1.807, 2.05) is 0 Å². The molecule has 1 aliphatic rings. The minimum atomic E-state index is 0.360. The Balaban J connectivity index is 1.65. The highest BCUT2D eigenvalue weighted by Gasteiger charge is 2.20. The third-order valence-electron chi connectivity index (χ3n) is 5.51. The van der Waals surface area contributed by atoms with Crippen LogP contribution < -0.4 is 0 Å². The highest BCUT2D eigenvalue weighted by molar-refractivity contribution is 6.02. The fourth-order valence-electron chi connectivity index (χ4n) is 4.00. The number of aliphatic imine (C=N–C) groups is 1. The van der Waals surface area contributed by atoms with Crippen LogP contribution in [0.1, 0.15) is 49.3 Å². The smallest absolute Gasteiger partial charge is 0.0488 e. The summed E-state index contributed by atoms with van der Waals surface area (Å²) in [6.07, 6.45) is 8.55. The van der Waals surface area contributed by atoms with Crippen LogP contribution in [-0.2, 0) is 0 Å². The molecule has 1 aliphatic heterocycles. The Labute approximate surface area is 174 Å². The molecule has 1 heteroatoms. The molecule has 29 heavy (non-hydrogen) atoms. The summed E-state index contributed by atoms with van der Waals surface area (Å²) in [5.74, 6) is 0.360. The summed E-state index contributed by atoms with van der Waals surface area (Å²) < 4.78 is 0. The molecule has 3 aromatic carbocycles. The highest BCUT2D eigenvalue weighted by atomic mass is 14.8. The molecule has 0 N–H and O–H groups in total. The van der Waals surface area contributed by atoms with Gasteiger partial charge in [-0.25, -0.2) is 0 Å². The predicted molar refractivity (Wildman–Crippen MR) is 125 cm³/mol. The van der Waals surface area contributed by atoms with Crippen LogP contribution in [0.2, 0.25) is 0 Å². The van der Waals surface area contributed by atoms with Crippen LogP contribution in [0.15, 0.2) is 102 Å². The molecular formula is C28H27N. The van der Waals surface area contributed by atoms with Crippen molar-refractivity contribution in [1.29, 1.82) is 0 Å². The van der Waals surface area contributed by atoms with Gasteiger partial charge in [0.2, 0.25) is 0 Å². The summed E-state index contributed by atoms with van der Waals surface area (Å²) >= 11 is 0. The molecule has 1 unspecified atom stereocenters.